The Balaban J connectivity index is 1.13. The van der Waals surface area contributed by atoms with E-state index in [0.717, 1.165) is 78.0 Å². The van der Waals surface area contributed by atoms with E-state index in [1.807, 2.05) is 0 Å². The third-order valence-electron chi connectivity index (χ3n) is 14.5. The van der Waals surface area contributed by atoms with Gasteiger partial charge in [-0.1, -0.05) is 206 Å². The molecule has 2 heteroatoms. The molecular formula is C66H38O2. The van der Waals surface area contributed by atoms with Crippen LogP contribution in [0, 0.1) is 0 Å². The summed E-state index contributed by atoms with van der Waals surface area (Å²) in [5.41, 5.74) is 13.1. The van der Waals surface area contributed by atoms with Crippen molar-refractivity contribution in [2.75, 3.05) is 0 Å². The molecule has 13 aromatic carbocycles. The van der Waals surface area contributed by atoms with Gasteiger partial charge in [-0.05, 0) is 122 Å². The summed E-state index contributed by atoms with van der Waals surface area (Å²) in [6.07, 6.45) is 0. The monoisotopic (exact) mass is 862 g/mol. The molecule has 0 bridgehead atoms. The van der Waals surface area contributed by atoms with Crippen LogP contribution in [0.4, 0.5) is 0 Å². The molecule has 0 spiro atoms. The largest absolute Gasteiger partial charge is 0.455 e. The van der Waals surface area contributed by atoms with E-state index < -0.39 is 0 Å². The van der Waals surface area contributed by atoms with Gasteiger partial charge in [0.2, 0.25) is 0 Å². The lowest BCUT2D eigenvalue weighted by atomic mass is 9.86. The Labute approximate surface area is 391 Å². The highest BCUT2D eigenvalue weighted by molar-refractivity contribution is 6.46. The second-order valence-electron chi connectivity index (χ2n) is 18.2. The van der Waals surface area contributed by atoms with Gasteiger partial charge >= 0.3 is 0 Å². The lowest BCUT2D eigenvalue weighted by molar-refractivity contribution is 0.632. The van der Waals surface area contributed by atoms with E-state index in [2.05, 4.69) is 231 Å². The first-order valence-electron chi connectivity index (χ1n) is 23.4. The quantitative estimate of drug-likeness (QED) is 0.166. The van der Waals surface area contributed by atoms with Crippen molar-refractivity contribution in [2.24, 2.45) is 0 Å². The van der Waals surface area contributed by atoms with E-state index in [0.29, 0.717) is 0 Å². The van der Waals surface area contributed by atoms with Crippen molar-refractivity contribution in [1.82, 2.24) is 0 Å². The summed E-state index contributed by atoms with van der Waals surface area (Å²) in [5, 5.41) is 17.4. The van der Waals surface area contributed by atoms with E-state index in [1.165, 1.54) is 75.8 Å². The Morgan fingerprint density at radius 3 is 0.868 bits per heavy atom. The predicted octanol–water partition coefficient (Wildman–Crippen LogP) is 19.0. The van der Waals surface area contributed by atoms with E-state index in [9.17, 15) is 0 Å². The van der Waals surface area contributed by atoms with Crippen LogP contribution in [0.5, 0.6) is 0 Å². The molecule has 0 aliphatic carbocycles. The zero-order valence-corrected chi connectivity index (χ0v) is 36.8. The van der Waals surface area contributed by atoms with Gasteiger partial charge < -0.3 is 8.83 Å². The summed E-state index contributed by atoms with van der Waals surface area (Å²) < 4.78 is 13.8. The van der Waals surface area contributed by atoms with Gasteiger partial charge in [0, 0.05) is 33.0 Å². The Bertz CT molecular complexity index is 4040. The molecule has 2 heterocycles. The smallest absolute Gasteiger partial charge is 0.143 e. The molecule has 0 saturated carbocycles. The van der Waals surface area contributed by atoms with Gasteiger partial charge in [-0.25, -0.2) is 0 Å². The highest BCUT2D eigenvalue weighted by Gasteiger charge is 2.29. The van der Waals surface area contributed by atoms with Crippen molar-refractivity contribution in [3.8, 4) is 67.2 Å². The summed E-state index contributed by atoms with van der Waals surface area (Å²) in [7, 11) is 0. The van der Waals surface area contributed by atoms with Crippen LogP contribution in [0.25, 0.3) is 154 Å². The maximum absolute atomic E-state index is 6.89. The fourth-order valence-electron chi connectivity index (χ4n) is 11.8. The molecule has 15 aromatic rings. The molecule has 0 amide bonds. The van der Waals surface area contributed by atoms with Gasteiger partial charge in [-0.15, -0.1) is 0 Å². The fraction of sp³-hybridized carbons (Fsp3) is 0. The Morgan fingerprint density at radius 1 is 0.206 bits per heavy atom. The molecule has 68 heavy (non-hydrogen) atoms. The first kappa shape index (κ1) is 37.3. The van der Waals surface area contributed by atoms with Crippen LogP contribution in [0.3, 0.4) is 0 Å². The second kappa shape index (κ2) is 14.3. The van der Waals surface area contributed by atoms with Crippen LogP contribution < -0.4 is 0 Å². The van der Waals surface area contributed by atoms with Crippen LogP contribution in [0.1, 0.15) is 0 Å². The van der Waals surface area contributed by atoms with Crippen LogP contribution in [0.2, 0.25) is 0 Å². The fourth-order valence-corrected chi connectivity index (χ4v) is 11.8. The van der Waals surface area contributed by atoms with Gasteiger partial charge in [-0.3, -0.25) is 0 Å². The van der Waals surface area contributed by atoms with Gasteiger partial charge in [0.1, 0.15) is 22.7 Å². The first-order chi connectivity index (χ1) is 33.8. The van der Waals surface area contributed by atoms with Gasteiger partial charge in [0.05, 0.1) is 0 Å². The molecule has 0 N–H and O–H groups in total. The Morgan fingerprint density at radius 2 is 0.529 bits per heavy atom. The van der Waals surface area contributed by atoms with Gasteiger partial charge in [-0.2, -0.15) is 0 Å². The number of furan rings is 2. The normalized spacial score (nSPS) is 12.1. The summed E-state index contributed by atoms with van der Waals surface area (Å²) in [6, 6.07) is 83.7. The van der Waals surface area contributed by atoms with E-state index in [1.54, 1.807) is 0 Å². The minimum absolute atomic E-state index is 0.865. The summed E-state index contributed by atoms with van der Waals surface area (Å²) >= 11 is 0. The molecule has 0 saturated heterocycles. The number of benzene rings is 11. The topological polar surface area (TPSA) is 26.3 Å². The van der Waals surface area contributed by atoms with E-state index in [4.69, 9.17) is 8.83 Å². The first-order valence-corrected chi connectivity index (χ1v) is 23.4. The highest BCUT2D eigenvalue weighted by atomic mass is 16.3. The molecule has 0 atom stereocenters. The van der Waals surface area contributed by atoms with E-state index in [-0.39, 0.29) is 0 Å². The number of hydrogen-bond donors (Lipinski definition) is 0. The molecule has 0 aliphatic heterocycles. The van der Waals surface area contributed by atoms with Crippen molar-refractivity contribution < 1.29 is 8.83 Å². The summed E-state index contributed by atoms with van der Waals surface area (Å²) in [6.45, 7) is 0. The van der Waals surface area contributed by atoms with Crippen molar-refractivity contribution in [3.05, 3.63) is 231 Å². The Kier molecular flexibility index (Phi) is 7.81. The standard InChI is InChI=1S/C66H38O2/c1-5-17-41(18-6-1)57-51-37-45(33-35-53(51)67-65(57)43-21-9-3-10-22-43)59-61-47-29-13-25-39-27-15-31-49(55(39)47)63(61)60(64-50-32-16-28-40-26-14-30-48(56(40)50)62(59)64)46-34-36-54-52(38-46)58(42-19-7-2-8-20-42)66(68-54)44-23-11-4-12-24-44/h1-38H. The van der Waals surface area contributed by atoms with Crippen molar-refractivity contribution in [2.45, 2.75) is 0 Å². The van der Waals surface area contributed by atoms with Crippen molar-refractivity contribution in [3.63, 3.8) is 0 Å². The average Bonchev–Trinajstić information content (AvgIpc) is 4.17. The van der Waals surface area contributed by atoms with Crippen LogP contribution in [-0.4, -0.2) is 0 Å². The van der Waals surface area contributed by atoms with Crippen molar-refractivity contribution >= 4 is 86.6 Å². The van der Waals surface area contributed by atoms with Crippen molar-refractivity contribution in [1.29, 1.82) is 0 Å². The lowest BCUT2D eigenvalue weighted by Crippen LogP contribution is -1.89. The molecule has 0 aliphatic rings. The van der Waals surface area contributed by atoms with Gasteiger partial charge in [0.15, 0.2) is 0 Å². The van der Waals surface area contributed by atoms with Gasteiger partial charge in [0.25, 0.3) is 0 Å². The SMILES string of the molecule is c1ccc(-c2oc3ccc(-c4c5c6cccc7cccc(c5c(-c5ccc8oc(-c9ccccc9)c(-c9ccccc9)c8c5)c5c8cccc9cccc(c45)c98)c76)cc3c2-c2ccccc2)cc1. The average molecular weight is 863 g/mol. The lowest BCUT2D eigenvalue weighted by Gasteiger charge is -2.16. The molecule has 2 nitrogen and oxygen atoms in total. The molecule has 0 radical (unpaired) electrons. The third kappa shape index (κ3) is 5.23. The maximum Gasteiger partial charge on any atom is 0.143 e. The molecule has 15 rings (SSSR count). The summed E-state index contributed by atoms with van der Waals surface area (Å²) in [5.74, 6) is 1.76. The minimum Gasteiger partial charge on any atom is -0.455 e. The summed E-state index contributed by atoms with van der Waals surface area (Å²) in [4.78, 5) is 0. The highest BCUT2D eigenvalue weighted by Crippen LogP contribution is 2.57. The third-order valence-corrected chi connectivity index (χ3v) is 14.5. The molecule has 0 fully saturated rings. The molecule has 2 aromatic heterocycles. The van der Waals surface area contributed by atoms with Crippen LogP contribution >= 0.6 is 0 Å². The predicted molar refractivity (Wildman–Crippen MR) is 286 cm³/mol. The van der Waals surface area contributed by atoms with Crippen LogP contribution in [-0.2, 0) is 0 Å². The Hall–Kier alpha value is -8.98. The zero-order valence-electron chi connectivity index (χ0n) is 36.8. The second-order valence-corrected chi connectivity index (χ2v) is 18.2. The molecule has 0 unspecified atom stereocenters. The number of fused-ring (bicyclic) bond motifs is 8. The number of rotatable bonds is 6. The van der Waals surface area contributed by atoms with E-state index >= 15 is 0 Å². The maximum atomic E-state index is 6.89. The zero-order chi connectivity index (χ0) is 44.5. The number of hydrogen-bond acceptors (Lipinski definition) is 2. The molecular weight excluding hydrogens is 825 g/mol. The van der Waals surface area contributed by atoms with Crippen LogP contribution in [0.15, 0.2) is 239 Å². The molecule has 314 valence electrons. The minimum atomic E-state index is 0.865.